The van der Waals surface area contributed by atoms with Crippen molar-refractivity contribution in [2.45, 2.75) is 45.6 Å². The number of phenolic OH excluding ortho intramolecular Hbond substituents is 1. The number of phenols is 1. The normalized spacial score (nSPS) is 12.1. The second-order valence-corrected chi connectivity index (χ2v) is 7.51. The third kappa shape index (κ3) is 7.88. The van der Waals surface area contributed by atoms with Crippen LogP contribution < -0.4 is 16.4 Å². The van der Waals surface area contributed by atoms with Crippen molar-refractivity contribution in [2.24, 2.45) is 5.73 Å². The number of aromatic hydroxyl groups is 1. The molecule has 0 aliphatic carbocycles. The van der Waals surface area contributed by atoms with E-state index in [1.54, 1.807) is 0 Å². The summed E-state index contributed by atoms with van der Waals surface area (Å²) in [5.74, 6) is -0.758. The third-order valence-corrected chi connectivity index (χ3v) is 4.14. The van der Waals surface area contributed by atoms with E-state index in [0.717, 1.165) is 12.8 Å². The fraction of sp³-hybridized carbons (Fsp3) is 0.333. The van der Waals surface area contributed by atoms with Crippen LogP contribution in [-0.2, 0) is 16.0 Å². The van der Waals surface area contributed by atoms with E-state index in [9.17, 15) is 14.7 Å². The molecule has 0 heterocycles. The van der Waals surface area contributed by atoms with E-state index in [-0.39, 0.29) is 29.2 Å². The molecule has 7 heteroatoms. The highest BCUT2D eigenvalue weighted by Gasteiger charge is 2.20. The lowest BCUT2D eigenvalue weighted by atomic mass is 9.98. The van der Waals surface area contributed by atoms with Crippen LogP contribution in [0.2, 0.25) is 5.02 Å². The number of rotatable bonds is 9. The molecule has 28 heavy (non-hydrogen) atoms. The molecule has 0 unspecified atom stereocenters. The number of halogens is 1. The van der Waals surface area contributed by atoms with E-state index in [0.29, 0.717) is 16.3 Å². The van der Waals surface area contributed by atoms with E-state index < -0.39 is 5.91 Å². The Kier molecular flexibility index (Phi) is 8.79. The highest BCUT2D eigenvalue weighted by molar-refractivity contribution is 6.30. The number of carbonyl (C=O) groups is 2. The smallest absolute Gasteiger partial charge is 0.251 e. The fourth-order valence-corrected chi connectivity index (χ4v) is 2.83. The molecule has 1 aromatic carbocycles. The SMILES string of the molecule is C=C(/C=C(\C=C/N)NC(=O)Cc1cc(Cl)ccc1O)C(=O)NC(C)(C)CCC. The number of nitrogens with two attached hydrogens (primary N) is 1. The number of allylic oxidation sites excluding steroid dienone is 1. The van der Waals surface area contributed by atoms with Gasteiger partial charge in [-0.05, 0) is 56.8 Å². The lowest BCUT2D eigenvalue weighted by Gasteiger charge is -2.25. The van der Waals surface area contributed by atoms with E-state index in [4.69, 9.17) is 17.3 Å². The molecule has 0 saturated carbocycles. The molecule has 0 aliphatic heterocycles. The zero-order valence-electron chi connectivity index (χ0n) is 16.5. The summed E-state index contributed by atoms with van der Waals surface area (Å²) in [6, 6.07) is 4.47. The molecule has 0 saturated heterocycles. The lowest BCUT2D eigenvalue weighted by Crippen LogP contribution is -2.43. The molecule has 1 rings (SSSR count). The Bertz CT molecular complexity index is 798. The van der Waals surface area contributed by atoms with Crippen LogP contribution in [0.25, 0.3) is 0 Å². The van der Waals surface area contributed by atoms with E-state index in [2.05, 4.69) is 17.2 Å². The molecule has 6 nitrogen and oxygen atoms in total. The minimum Gasteiger partial charge on any atom is -0.508 e. The van der Waals surface area contributed by atoms with Crippen molar-refractivity contribution in [2.75, 3.05) is 0 Å². The number of hydrogen-bond acceptors (Lipinski definition) is 4. The van der Waals surface area contributed by atoms with Gasteiger partial charge in [-0.1, -0.05) is 31.5 Å². The van der Waals surface area contributed by atoms with Crippen LogP contribution in [-0.4, -0.2) is 22.5 Å². The van der Waals surface area contributed by atoms with Gasteiger partial charge in [0.15, 0.2) is 0 Å². The zero-order chi connectivity index (χ0) is 21.3. The van der Waals surface area contributed by atoms with Gasteiger partial charge in [0.1, 0.15) is 5.75 Å². The summed E-state index contributed by atoms with van der Waals surface area (Å²) in [7, 11) is 0. The summed E-state index contributed by atoms with van der Waals surface area (Å²) in [6.07, 6.45) is 5.80. The van der Waals surface area contributed by atoms with Gasteiger partial charge in [-0.15, -0.1) is 0 Å². The fourth-order valence-electron chi connectivity index (χ4n) is 2.63. The van der Waals surface area contributed by atoms with Crippen LogP contribution in [0.4, 0.5) is 0 Å². The average molecular weight is 406 g/mol. The van der Waals surface area contributed by atoms with Crippen LogP contribution in [0.1, 0.15) is 39.2 Å². The Morgan fingerprint density at radius 2 is 2.04 bits per heavy atom. The average Bonchev–Trinajstić information content (AvgIpc) is 2.57. The Morgan fingerprint density at radius 1 is 1.36 bits per heavy atom. The monoisotopic (exact) mass is 405 g/mol. The minimum atomic E-state index is -0.401. The first-order valence-corrected chi connectivity index (χ1v) is 9.34. The van der Waals surface area contributed by atoms with Crippen molar-refractivity contribution in [3.8, 4) is 5.75 Å². The van der Waals surface area contributed by atoms with Gasteiger partial charge >= 0.3 is 0 Å². The highest BCUT2D eigenvalue weighted by atomic mass is 35.5. The summed E-state index contributed by atoms with van der Waals surface area (Å²) in [5, 5.41) is 15.8. The Hall–Kier alpha value is -2.73. The van der Waals surface area contributed by atoms with Crippen LogP contribution in [0.3, 0.4) is 0 Å². The van der Waals surface area contributed by atoms with Gasteiger partial charge in [0.05, 0.1) is 6.42 Å². The van der Waals surface area contributed by atoms with Gasteiger partial charge in [0.25, 0.3) is 5.91 Å². The Morgan fingerprint density at radius 3 is 2.64 bits per heavy atom. The summed E-state index contributed by atoms with van der Waals surface area (Å²) in [4.78, 5) is 24.7. The number of amides is 2. The summed E-state index contributed by atoms with van der Waals surface area (Å²) < 4.78 is 0. The maximum absolute atomic E-state index is 12.4. The van der Waals surface area contributed by atoms with Crippen molar-refractivity contribution < 1.29 is 14.7 Å². The molecule has 1 aromatic rings. The molecule has 0 aromatic heterocycles. The minimum absolute atomic E-state index is 0.0265. The molecular weight excluding hydrogens is 378 g/mol. The zero-order valence-corrected chi connectivity index (χ0v) is 17.3. The summed E-state index contributed by atoms with van der Waals surface area (Å²) in [5.41, 5.74) is 5.95. The number of hydrogen-bond donors (Lipinski definition) is 4. The van der Waals surface area contributed by atoms with Crippen molar-refractivity contribution in [1.29, 1.82) is 0 Å². The molecule has 0 bridgehead atoms. The van der Waals surface area contributed by atoms with Gasteiger partial charge in [0.2, 0.25) is 5.91 Å². The number of benzene rings is 1. The number of nitrogens with one attached hydrogen (secondary N) is 2. The Labute approximate surface area is 171 Å². The summed E-state index contributed by atoms with van der Waals surface area (Å²) >= 11 is 5.90. The van der Waals surface area contributed by atoms with E-state index >= 15 is 0 Å². The van der Waals surface area contributed by atoms with Gasteiger partial charge in [0, 0.05) is 27.4 Å². The first-order chi connectivity index (χ1) is 13.1. The predicted octanol–water partition coefficient (Wildman–Crippen LogP) is 3.31. The van der Waals surface area contributed by atoms with Crippen LogP contribution >= 0.6 is 11.6 Å². The Balaban J connectivity index is 2.85. The summed E-state index contributed by atoms with van der Waals surface area (Å²) in [6.45, 7) is 9.68. The second-order valence-electron chi connectivity index (χ2n) is 7.07. The van der Waals surface area contributed by atoms with E-state index in [1.807, 2.05) is 20.8 Å². The van der Waals surface area contributed by atoms with Crippen molar-refractivity contribution in [3.05, 3.63) is 65.0 Å². The first-order valence-electron chi connectivity index (χ1n) is 8.96. The largest absolute Gasteiger partial charge is 0.508 e. The second kappa shape index (κ2) is 10.6. The molecule has 0 radical (unpaired) electrons. The molecule has 0 atom stereocenters. The van der Waals surface area contributed by atoms with Gasteiger partial charge in [-0.25, -0.2) is 0 Å². The molecule has 2 amide bonds. The number of carbonyl (C=O) groups excluding carboxylic acids is 2. The van der Waals surface area contributed by atoms with Gasteiger partial charge < -0.3 is 21.5 Å². The third-order valence-electron chi connectivity index (χ3n) is 3.90. The van der Waals surface area contributed by atoms with E-state index in [1.165, 1.54) is 36.6 Å². The van der Waals surface area contributed by atoms with Crippen LogP contribution in [0.15, 0.2) is 54.4 Å². The van der Waals surface area contributed by atoms with Crippen LogP contribution in [0, 0.1) is 0 Å². The maximum Gasteiger partial charge on any atom is 0.251 e. The predicted molar refractivity (Wildman–Crippen MR) is 113 cm³/mol. The highest BCUT2D eigenvalue weighted by Crippen LogP contribution is 2.22. The molecule has 0 spiro atoms. The van der Waals surface area contributed by atoms with Gasteiger partial charge in [-0.3, -0.25) is 9.59 Å². The van der Waals surface area contributed by atoms with Crippen LogP contribution in [0.5, 0.6) is 5.75 Å². The molecule has 5 N–H and O–H groups in total. The van der Waals surface area contributed by atoms with Gasteiger partial charge in [-0.2, -0.15) is 0 Å². The molecule has 0 aliphatic rings. The lowest BCUT2D eigenvalue weighted by molar-refractivity contribution is -0.120. The van der Waals surface area contributed by atoms with Crippen molar-refractivity contribution in [3.63, 3.8) is 0 Å². The topological polar surface area (TPSA) is 104 Å². The quantitative estimate of drug-likeness (QED) is 0.373. The maximum atomic E-state index is 12.4. The molecular formula is C21H28ClN3O3. The molecule has 152 valence electrons. The standard InChI is InChI=1S/C21H28ClN3O3/c1-5-9-21(3,4)25-20(28)14(2)11-17(8-10-23)24-19(27)13-15-12-16(22)6-7-18(15)26/h6-8,10-12,26H,2,5,9,13,23H2,1,3-4H3,(H,24,27)(H,25,28)/b10-8-,17-11+. The van der Waals surface area contributed by atoms with Crippen molar-refractivity contribution in [1.82, 2.24) is 10.6 Å². The molecule has 0 fully saturated rings. The first kappa shape index (κ1) is 23.3. The van der Waals surface area contributed by atoms with Crippen molar-refractivity contribution >= 4 is 23.4 Å².